The van der Waals surface area contributed by atoms with Crippen LogP contribution in [0.3, 0.4) is 0 Å². The normalized spacial score (nSPS) is 18.6. The number of ether oxygens (including phenoxy) is 1. The molecule has 0 radical (unpaired) electrons. The topological polar surface area (TPSA) is 65.4 Å². The van der Waals surface area contributed by atoms with Crippen LogP contribution in [0.15, 0.2) is 24.3 Å². The monoisotopic (exact) mass is 259 g/mol. The Morgan fingerprint density at radius 1 is 1.53 bits per heavy atom. The molecule has 2 rings (SSSR count). The molecule has 0 bridgehead atoms. The van der Waals surface area contributed by atoms with Gasteiger partial charge < -0.3 is 15.0 Å². The van der Waals surface area contributed by atoms with Crippen LogP contribution in [0.5, 0.6) is 0 Å². The predicted octanol–water partition coefficient (Wildman–Crippen LogP) is 0.619. The number of hydrogen-bond acceptors (Lipinski definition) is 4. The van der Waals surface area contributed by atoms with E-state index >= 15 is 0 Å². The molecule has 1 aromatic carbocycles. The molecule has 0 spiro atoms. The summed E-state index contributed by atoms with van der Waals surface area (Å²) >= 11 is 0. The molecule has 0 aromatic heterocycles. The van der Waals surface area contributed by atoms with Gasteiger partial charge in [-0.2, -0.15) is 5.26 Å². The number of nitriles is 1. The van der Waals surface area contributed by atoms with Gasteiger partial charge in [-0.1, -0.05) is 0 Å². The van der Waals surface area contributed by atoms with Crippen LogP contribution in [0.1, 0.15) is 15.9 Å². The zero-order chi connectivity index (χ0) is 13.7. The lowest BCUT2D eigenvalue weighted by molar-refractivity contribution is 0.0104. The molecule has 5 nitrogen and oxygen atoms in total. The molecule has 1 N–H and O–H groups in total. The Morgan fingerprint density at radius 3 is 2.84 bits per heavy atom. The first-order valence-electron chi connectivity index (χ1n) is 6.28. The largest absolute Gasteiger partial charge is 0.374 e. The van der Waals surface area contributed by atoms with Crippen molar-refractivity contribution >= 4 is 5.91 Å². The van der Waals surface area contributed by atoms with Crippen molar-refractivity contribution in [1.29, 1.82) is 5.26 Å². The van der Waals surface area contributed by atoms with E-state index in [0.29, 0.717) is 24.3 Å². The molecular formula is C14H17N3O2. The highest BCUT2D eigenvalue weighted by atomic mass is 16.5. The first kappa shape index (κ1) is 13.5. The lowest BCUT2D eigenvalue weighted by atomic mass is 10.1. The quantitative estimate of drug-likeness (QED) is 0.864. The van der Waals surface area contributed by atoms with Crippen molar-refractivity contribution in [1.82, 2.24) is 10.2 Å². The van der Waals surface area contributed by atoms with E-state index < -0.39 is 0 Å². The molecule has 0 saturated carbocycles. The van der Waals surface area contributed by atoms with Crippen LogP contribution in [0.4, 0.5) is 0 Å². The summed E-state index contributed by atoms with van der Waals surface area (Å²) < 4.78 is 5.57. The lowest BCUT2D eigenvalue weighted by Crippen LogP contribution is -2.45. The van der Waals surface area contributed by atoms with E-state index in [4.69, 9.17) is 10.00 Å². The van der Waals surface area contributed by atoms with Gasteiger partial charge in [0.25, 0.3) is 5.91 Å². The standard InChI is InChI=1S/C14H17N3O2/c1-17(10-13-9-16-6-7-19-13)14(18)12-4-2-11(8-15)3-5-12/h2-5,13,16H,6-7,9-10H2,1H3. The highest BCUT2D eigenvalue weighted by Gasteiger charge is 2.19. The van der Waals surface area contributed by atoms with E-state index in [0.717, 1.165) is 13.1 Å². The number of likely N-dealkylation sites (N-methyl/N-ethyl adjacent to an activating group) is 1. The van der Waals surface area contributed by atoms with E-state index in [-0.39, 0.29) is 12.0 Å². The molecular weight excluding hydrogens is 242 g/mol. The maximum Gasteiger partial charge on any atom is 0.253 e. The summed E-state index contributed by atoms with van der Waals surface area (Å²) in [6.07, 6.45) is 0.0427. The summed E-state index contributed by atoms with van der Waals surface area (Å²) in [7, 11) is 1.76. The maximum absolute atomic E-state index is 12.2. The molecule has 1 amide bonds. The summed E-state index contributed by atoms with van der Waals surface area (Å²) in [6.45, 7) is 2.88. The molecule has 5 heteroatoms. The molecule has 0 aliphatic carbocycles. The van der Waals surface area contributed by atoms with E-state index in [2.05, 4.69) is 5.32 Å². The van der Waals surface area contributed by atoms with Crippen LogP contribution in [0.25, 0.3) is 0 Å². The van der Waals surface area contributed by atoms with Crippen molar-refractivity contribution < 1.29 is 9.53 Å². The molecule has 1 aliphatic heterocycles. The summed E-state index contributed by atoms with van der Waals surface area (Å²) in [4.78, 5) is 13.8. The molecule has 1 aliphatic rings. The fraction of sp³-hybridized carbons (Fsp3) is 0.429. The first-order valence-corrected chi connectivity index (χ1v) is 6.28. The third-order valence-electron chi connectivity index (χ3n) is 3.09. The number of amides is 1. The Labute approximate surface area is 112 Å². The van der Waals surface area contributed by atoms with Crippen LogP contribution >= 0.6 is 0 Å². The van der Waals surface area contributed by atoms with Gasteiger partial charge in [0.05, 0.1) is 24.3 Å². The van der Waals surface area contributed by atoms with Gasteiger partial charge in [0.1, 0.15) is 0 Å². The predicted molar refractivity (Wildman–Crippen MR) is 70.7 cm³/mol. The number of nitrogens with one attached hydrogen (secondary N) is 1. The van der Waals surface area contributed by atoms with Crippen LogP contribution < -0.4 is 5.32 Å². The highest BCUT2D eigenvalue weighted by molar-refractivity contribution is 5.94. The minimum absolute atomic E-state index is 0.0427. The first-order chi connectivity index (χ1) is 9.20. The molecule has 1 unspecified atom stereocenters. The zero-order valence-corrected chi connectivity index (χ0v) is 10.9. The van der Waals surface area contributed by atoms with Gasteiger partial charge in [0.2, 0.25) is 0 Å². The van der Waals surface area contributed by atoms with Crippen molar-refractivity contribution in [3.63, 3.8) is 0 Å². The second-order valence-corrected chi connectivity index (χ2v) is 4.57. The van der Waals surface area contributed by atoms with Crippen LogP contribution in [0, 0.1) is 11.3 Å². The van der Waals surface area contributed by atoms with Crippen LogP contribution in [-0.2, 0) is 4.74 Å². The second-order valence-electron chi connectivity index (χ2n) is 4.57. The second kappa shape index (κ2) is 6.32. The van der Waals surface area contributed by atoms with Gasteiger partial charge in [-0.25, -0.2) is 0 Å². The molecule has 1 fully saturated rings. The third-order valence-corrected chi connectivity index (χ3v) is 3.09. The van der Waals surface area contributed by atoms with Gasteiger partial charge in [-0.05, 0) is 24.3 Å². The smallest absolute Gasteiger partial charge is 0.253 e. The Hall–Kier alpha value is -1.90. The highest BCUT2D eigenvalue weighted by Crippen LogP contribution is 2.08. The minimum Gasteiger partial charge on any atom is -0.374 e. The Kier molecular flexibility index (Phi) is 4.50. The van der Waals surface area contributed by atoms with Crippen molar-refractivity contribution in [2.75, 3.05) is 33.3 Å². The number of carbonyl (C=O) groups is 1. The number of nitrogens with zero attached hydrogens (tertiary/aromatic N) is 2. The number of rotatable bonds is 3. The molecule has 1 saturated heterocycles. The summed E-state index contributed by atoms with van der Waals surface area (Å²) in [6, 6.07) is 8.70. The number of hydrogen-bond donors (Lipinski definition) is 1. The zero-order valence-electron chi connectivity index (χ0n) is 10.9. The summed E-state index contributed by atoms with van der Waals surface area (Å²) in [5, 5.41) is 12.0. The fourth-order valence-corrected chi connectivity index (χ4v) is 2.03. The Bertz CT molecular complexity index is 472. The van der Waals surface area contributed by atoms with E-state index in [1.165, 1.54) is 0 Å². The Balaban J connectivity index is 1.95. The summed E-state index contributed by atoms with van der Waals surface area (Å²) in [5.41, 5.74) is 1.14. The van der Waals surface area contributed by atoms with Gasteiger partial charge in [-0.3, -0.25) is 4.79 Å². The average molecular weight is 259 g/mol. The van der Waals surface area contributed by atoms with Gasteiger partial charge in [0.15, 0.2) is 0 Å². The van der Waals surface area contributed by atoms with Gasteiger partial charge >= 0.3 is 0 Å². The fourth-order valence-electron chi connectivity index (χ4n) is 2.03. The SMILES string of the molecule is CN(CC1CNCCO1)C(=O)c1ccc(C#N)cc1. The van der Waals surface area contributed by atoms with E-state index in [1.807, 2.05) is 6.07 Å². The van der Waals surface area contributed by atoms with E-state index in [9.17, 15) is 4.79 Å². The van der Waals surface area contributed by atoms with Crippen molar-refractivity contribution in [3.8, 4) is 6.07 Å². The van der Waals surface area contributed by atoms with Crippen LogP contribution in [0.2, 0.25) is 0 Å². The van der Waals surface area contributed by atoms with Crippen molar-refractivity contribution in [3.05, 3.63) is 35.4 Å². The van der Waals surface area contributed by atoms with Crippen molar-refractivity contribution in [2.45, 2.75) is 6.10 Å². The van der Waals surface area contributed by atoms with Crippen molar-refractivity contribution in [2.24, 2.45) is 0 Å². The third kappa shape index (κ3) is 3.53. The van der Waals surface area contributed by atoms with Gasteiger partial charge in [-0.15, -0.1) is 0 Å². The maximum atomic E-state index is 12.2. The summed E-state index contributed by atoms with van der Waals surface area (Å²) in [5.74, 6) is -0.0568. The number of carbonyl (C=O) groups excluding carboxylic acids is 1. The number of morpholine rings is 1. The molecule has 100 valence electrons. The van der Waals surface area contributed by atoms with Gasteiger partial charge in [0, 0.05) is 32.2 Å². The average Bonchev–Trinajstić information content (AvgIpc) is 2.47. The molecule has 1 heterocycles. The lowest BCUT2D eigenvalue weighted by Gasteiger charge is -2.28. The van der Waals surface area contributed by atoms with Crippen LogP contribution in [-0.4, -0.2) is 50.2 Å². The Morgan fingerprint density at radius 2 is 2.26 bits per heavy atom. The minimum atomic E-state index is -0.0568. The van der Waals surface area contributed by atoms with E-state index in [1.54, 1.807) is 36.2 Å². The molecule has 1 aromatic rings. The number of benzene rings is 1. The molecule has 19 heavy (non-hydrogen) atoms. The molecule has 1 atom stereocenters.